The minimum atomic E-state index is -0.482. The lowest BCUT2D eigenvalue weighted by Crippen LogP contribution is -2.09. The molecule has 0 spiro atoms. The van der Waals surface area contributed by atoms with Crippen LogP contribution < -0.4 is 0 Å². The summed E-state index contributed by atoms with van der Waals surface area (Å²) in [6, 6.07) is 0. The Labute approximate surface area is 213 Å². The molecule has 3 nitrogen and oxygen atoms in total. The fourth-order valence-electron chi connectivity index (χ4n) is 4.29. The Morgan fingerprint density at radius 2 is 0.735 bits per heavy atom. The van der Waals surface area contributed by atoms with Gasteiger partial charge in [-0.2, -0.15) is 0 Å². The van der Waals surface area contributed by atoms with Crippen LogP contribution in [0, 0.1) is 0 Å². The highest BCUT2D eigenvalue weighted by Gasteiger charge is 2.03. The maximum absolute atomic E-state index is 11.6. The third-order valence-electron chi connectivity index (χ3n) is 6.59. The zero-order chi connectivity index (χ0) is 24.8. The minimum Gasteiger partial charge on any atom is -0.434 e. The Balaban J connectivity index is 3.18. The Hall–Kier alpha value is -0.990. The summed E-state index contributed by atoms with van der Waals surface area (Å²) in [6.07, 6.45) is 35.1. The van der Waals surface area contributed by atoms with Gasteiger partial charge in [0.25, 0.3) is 0 Å². The first-order valence-corrected chi connectivity index (χ1v) is 15.3. The molecule has 0 aliphatic heterocycles. The van der Waals surface area contributed by atoms with E-state index in [2.05, 4.69) is 26.0 Å². The van der Waals surface area contributed by atoms with Crippen molar-refractivity contribution in [3.8, 4) is 0 Å². The summed E-state index contributed by atoms with van der Waals surface area (Å²) in [5.41, 5.74) is 0. The number of allylic oxidation sites excluding steroid dienone is 2. The zero-order valence-corrected chi connectivity index (χ0v) is 23.3. The van der Waals surface area contributed by atoms with Gasteiger partial charge < -0.3 is 9.47 Å². The molecule has 0 amide bonds. The van der Waals surface area contributed by atoms with Crippen molar-refractivity contribution in [2.45, 2.75) is 168 Å². The summed E-state index contributed by atoms with van der Waals surface area (Å²) in [6.45, 7) is 5.54. The quantitative estimate of drug-likeness (QED) is 0.0666. The summed E-state index contributed by atoms with van der Waals surface area (Å²) < 4.78 is 10.4. The Morgan fingerprint density at radius 3 is 1.12 bits per heavy atom. The summed E-state index contributed by atoms with van der Waals surface area (Å²) in [5, 5.41) is 0. The van der Waals surface area contributed by atoms with Crippen LogP contribution in [0.1, 0.15) is 168 Å². The van der Waals surface area contributed by atoms with Crippen molar-refractivity contribution in [1.82, 2.24) is 0 Å². The van der Waals surface area contributed by atoms with E-state index in [0.29, 0.717) is 13.2 Å². The smallest absolute Gasteiger partial charge is 0.434 e. The summed E-state index contributed by atoms with van der Waals surface area (Å²) in [4.78, 5) is 11.6. The molecule has 0 bridgehead atoms. The van der Waals surface area contributed by atoms with Gasteiger partial charge >= 0.3 is 6.16 Å². The average Bonchev–Trinajstić information content (AvgIpc) is 2.84. The third-order valence-corrected chi connectivity index (χ3v) is 6.59. The van der Waals surface area contributed by atoms with Crippen molar-refractivity contribution in [1.29, 1.82) is 0 Å². The molecule has 0 N–H and O–H groups in total. The molecule has 0 saturated carbocycles. The van der Waals surface area contributed by atoms with Crippen LogP contribution in [0.2, 0.25) is 0 Å². The molecule has 0 atom stereocenters. The average molecular weight is 481 g/mol. The van der Waals surface area contributed by atoms with Crippen LogP contribution >= 0.6 is 0 Å². The SMILES string of the molecule is CCCCCCC=CCCCCCCCCOC(=O)OCCCCCCCCCCCCCC. The summed E-state index contributed by atoms with van der Waals surface area (Å²) in [5.74, 6) is 0. The van der Waals surface area contributed by atoms with Crippen molar-refractivity contribution in [2.24, 2.45) is 0 Å². The third kappa shape index (κ3) is 29.0. The van der Waals surface area contributed by atoms with Crippen LogP contribution in [0.5, 0.6) is 0 Å². The first-order chi connectivity index (χ1) is 16.8. The molecule has 0 fully saturated rings. The molecule has 0 aliphatic rings. The van der Waals surface area contributed by atoms with Crippen molar-refractivity contribution < 1.29 is 14.3 Å². The van der Waals surface area contributed by atoms with E-state index in [9.17, 15) is 4.79 Å². The van der Waals surface area contributed by atoms with Gasteiger partial charge in [0.1, 0.15) is 0 Å². The highest BCUT2D eigenvalue weighted by molar-refractivity contribution is 5.59. The molecular weight excluding hydrogens is 420 g/mol. The molecular formula is C31H60O3. The van der Waals surface area contributed by atoms with Crippen molar-refractivity contribution in [3.63, 3.8) is 0 Å². The highest BCUT2D eigenvalue weighted by atomic mass is 16.7. The van der Waals surface area contributed by atoms with Gasteiger partial charge in [-0.1, -0.05) is 142 Å². The number of hydrogen-bond acceptors (Lipinski definition) is 3. The lowest BCUT2D eigenvalue weighted by Gasteiger charge is -2.06. The largest absolute Gasteiger partial charge is 0.508 e. The molecule has 0 aromatic heterocycles. The van der Waals surface area contributed by atoms with E-state index in [4.69, 9.17) is 9.47 Å². The highest BCUT2D eigenvalue weighted by Crippen LogP contribution is 2.12. The van der Waals surface area contributed by atoms with E-state index in [1.54, 1.807) is 0 Å². The van der Waals surface area contributed by atoms with Crippen molar-refractivity contribution in [3.05, 3.63) is 12.2 Å². The van der Waals surface area contributed by atoms with Crippen molar-refractivity contribution >= 4 is 6.16 Å². The molecule has 34 heavy (non-hydrogen) atoms. The van der Waals surface area contributed by atoms with Crippen LogP contribution in [-0.2, 0) is 9.47 Å². The molecule has 0 radical (unpaired) electrons. The van der Waals surface area contributed by atoms with Gasteiger partial charge in [0.05, 0.1) is 13.2 Å². The van der Waals surface area contributed by atoms with E-state index >= 15 is 0 Å². The van der Waals surface area contributed by atoms with E-state index < -0.39 is 6.16 Å². The van der Waals surface area contributed by atoms with Crippen LogP contribution in [0.15, 0.2) is 12.2 Å². The predicted molar refractivity (Wildman–Crippen MR) is 149 cm³/mol. The van der Waals surface area contributed by atoms with Crippen LogP contribution in [0.4, 0.5) is 4.79 Å². The normalized spacial score (nSPS) is 11.4. The second-order valence-electron chi connectivity index (χ2n) is 10.1. The van der Waals surface area contributed by atoms with Gasteiger partial charge in [-0.25, -0.2) is 4.79 Å². The lowest BCUT2D eigenvalue weighted by molar-refractivity contribution is 0.0529. The Bertz CT molecular complexity index is 419. The minimum absolute atomic E-state index is 0.482. The van der Waals surface area contributed by atoms with E-state index in [0.717, 1.165) is 25.7 Å². The molecule has 0 heterocycles. The molecule has 0 aliphatic carbocycles. The molecule has 0 unspecified atom stereocenters. The van der Waals surface area contributed by atoms with Gasteiger partial charge in [0.2, 0.25) is 0 Å². The molecule has 0 aromatic carbocycles. The summed E-state index contributed by atoms with van der Waals surface area (Å²) in [7, 11) is 0. The van der Waals surface area contributed by atoms with Gasteiger partial charge in [0.15, 0.2) is 0 Å². The van der Waals surface area contributed by atoms with Crippen LogP contribution in [-0.4, -0.2) is 19.4 Å². The number of hydrogen-bond donors (Lipinski definition) is 0. The van der Waals surface area contributed by atoms with Gasteiger partial charge in [-0.3, -0.25) is 0 Å². The first-order valence-electron chi connectivity index (χ1n) is 15.3. The Kier molecular flexibility index (Phi) is 29.2. The molecule has 0 rings (SSSR count). The molecule has 0 saturated heterocycles. The molecule has 0 aromatic rings. The van der Waals surface area contributed by atoms with E-state index in [1.807, 2.05) is 0 Å². The summed E-state index contributed by atoms with van der Waals surface area (Å²) >= 11 is 0. The van der Waals surface area contributed by atoms with Crippen LogP contribution in [0.25, 0.3) is 0 Å². The fourth-order valence-corrected chi connectivity index (χ4v) is 4.29. The maximum Gasteiger partial charge on any atom is 0.508 e. The second-order valence-corrected chi connectivity index (χ2v) is 10.1. The van der Waals surface area contributed by atoms with E-state index in [-0.39, 0.29) is 0 Å². The first kappa shape index (κ1) is 33.0. The molecule has 3 heteroatoms. The fraction of sp³-hybridized carbons (Fsp3) is 0.903. The van der Waals surface area contributed by atoms with Gasteiger partial charge in [-0.05, 0) is 38.5 Å². The van der Waals surface area contributed by atoms with E-state index in [1.165, 1.54) is 128 Å². The lowest BCUT2D eigenvalue weighted by atomic mass is 10.1. The second kappa shape index (κ2) is 30.0. The maximum atomic E-state index is 11.6. The standard InChI is InChI=1S/C31H60O3/c1-3-5-7-9-11-13-15-17-18-20-22-24-26-28-30-34-31(32)33-29-27-25-23-21-19-16-14-12-10-8-6-4-2/h13,15H,3-12,14,16-30H2,1-2H3. The van der Waals surface area contributed by atoms with Gasteiger partial charge in [-0.15, -0.1) is 0 Å². The molecule has 202 valence electrons. The van der Waals surface area contributed by atoms with Gasteiger partial charge in [0, 0.05) is 0 Å². The number of unbranched alkanes of at least 4 members (excludes halogenated alkanes) is 21. The Morgan fingerprint density at radius 1 is 0.441 bits per heavy atom. The monoisotopic (exact) mass is 480 g/mol. The number of carbonyl (C=O) groups excluding carboxylic acids is 1. The van der Waals surface area contributed by atoms with Crippen LogP contribution in [0.3, 0.4) is 0 Å². The number of carbonyl (C=O) groups is 1. The number of ether oxygens (including phenoxy) is 2. The zero-order valence-electron chi connectivity index (χ0n) is 23.3. The van der Waals surface area contributed by atoms with Crippen molar-refractivity contribution in [2.75, 3.05) is 13.2 Å². The predicted octanol–water partition coefficient (Wildman–Crippen LogP) is 11.1. The number of rotatable bonds is 27. The topological polar surface area (TPSA) is 35.5 Å².